The van der Waals surface area contributed by atoms with E-state index in [2.05, 4.69) is 38.1 Å². The zero-order chi connectivity index (χ0) is 13.8. The third-order valence-electron chi connectivity index (χ3n) is 2.19. The first-order chi connectivity index (χ1) is 8.37. The molecule has 0 aliphatic carbocycles. The predicted molar refractivity (Wildman–Crippen MR) is 76.4 cm³/mol. The first-order valence-electron chi connectivity index (χ1n) is 5.84. The second kappa shape index (κ2) is 6.47. The highest BCUT2D eigenvalue weighted by molar-refractivity contribution is 9.10. The molecule has 0 bridgehead atoms. The maximum Gasteiger partial charge on any atom is 0.154 e. The minimum absolute atomic E-state index is 0.130. The Morgan fingerprint density at radius 2 is 1.94 bits per heavy atom. The quantitative estimate of drug-likeness (QED) is 0.862. The number of sulfone groups is 1. The summed E-state index contributed by atoms with van der Waals surface area (Å²) in [7, 11) is -3.12. The van der Waals surface area contributed by atoms with Gasteiger partial charge in [0.1, 0.15) is 17.4 Å². The molecule has 1 rings (SSSR count). The average Bonchev–Trinajstić information content (AvgIpc) is 2.23. The van der Waals surface area contributed by atoms with E-state index in [1.165, 1.54) is 6.26 Å². The lowest BCUT2D eigenvalue weighted by molar-refractivity contribution is 0.599. The third kappa shape index (κ3) is 4.53. The van der Waals surface area contributed by atoms with Crippen LogP contribution in [0.5, 0.6) is 0 Å². The fourth-order valence-electron chi connectivity index (χ4n) is 1.53. The lowest BCUT2D eigenvalue weighted by Gasteiger charge is -2.11. The molecule has 0 saturated heterocycles. The molecular weight excluding hydrogens is 318 g/mol. The minimum Gasteiger partial charge on any atom is -0.369 e. The fraction of sp³-hybridized carbons (Fsp3) is 0.636. The number of anilines is 1. The van der Waals surface area contributed by atoms with Gasteiger partial charge in [0.2, 0.25) is 0 Å². The zero-order valence-corrected chi connectivity index (χ0v) is 13.2. The Morgan fingerprint density at radius 1 is 1.28 bits per heavy atom. The van der Waals surface area contributed by atoms with E-state index in [9.17, 15) is 8.42 Å². The Kier molecular flexibility index (Phi) is 5.52. The second-order valence-electron chi connectivity index (χ2n) is 4.10. The molecule has 1 heterocycles. The van der Waals surface area contributed by atoms with Crippen molar-refractivity contribution in [2.75, 3.05) is 18.1 Å². The van der Waals surface area contributed by atoms with E-state index in [0.29, 0.717) is 11.6 Å². The van der Waals surface area contributed by atoms with Gasteiger partial charge < -0.3 is 5.32 Å². The molecule has 0 unspecified atom stereocenters. The highest BCUT2D eigenvalue weighted by Crippen LogP contribution is 2.25. The highest BCUT2D eigenvalue weighted by atomic mass is 79.9. The van der Waals surface area contributed by atoms with Crippen LogP contribution in [-0.4, -0.2) is 31.2 Å². The van der Waals surface area contributed by atoms with E-state index < -0.39 is 9.84 Å². The number of halogens is 1. The lowest BCUT2D eigenvalue weighted by Crippen LogP contribution is -2.11. The van der Waals surface area contributed by atoms with Crippen LogP contribution >= 0.6 is 15.9 Å². The summed E-state index contributed by atoms with van der Waals surface area (Å²) in [4.78, 5) is 8.56. The van der Waals surface area contributed by atoms with Crippen LogP contribution in [0.25, 0.3) is 0 Å². The number of nitrogens with one attached hydrogen (secondary N) is 1. The van der Waals surface area contributed by atoms with Crippen LogP contribution in [0.1, 0.15) is 31.8 Å². The number of hydrogen-bond donors (Lipinski definition) is 1. The van der Waals surface area contributed by atoms with Crippen LogP contribution in [0.3, 0.4) is 0 Å². The molecule has 1 N–H and O–H groups in total. The first-order valence-corrected chi connectivity index (χ1v) is 8.69. The molecule has 0 amide bonds. The molecule has 0 saturated carbocycles. The van der Waals surface area contributed by atoms with Crippen LogP contribution in [0.15, 0.2) is 4.47 Å². The van der Waals surface area contributed by atoms with Crippen molar-refractivity contribution in [1.29, 1.82) is 0 Å². The van der Waals surface area contributed by atoms with Gasteiger partial charge in [0.05, 0.1) is 10.2 Å². The van der Waals surface area contributed by atoms with Gasteiger partial charge in [-0.05, 0) is 29.3 Å². The first kappa shape index (κ1) is 15.4. The number of rotatable bonds is 6. The Labute approximate surface area is 116 Å². The van der Waals surface area contributed by atoms with Gasteiger partial charge in [0.25, 0.3) is 0 Å². The Bertz CT molecular complexity index is 490. The Hall–Kier alpha value is -0.690. The molecule has 0 aliphatic heterocycles. The predicted octanol–water partition coefficient (Wildman–Crippen LogP) is 2.17. The number of hydrogen-bond acceptors (Lipinski definition) is 5. The minimum atomic E-state index is -3.12. The van der Waals surface area contributed by atoms with Crippen molar-refractivity contribution in [3.8, 4) is 0 Å². The largest absolute Gasteiger partial charge is 0.369 e. The van der Waals surface area contributed by atoms with Gasteiger partial charge in [-0.25, -0.2) is 18.4 Å². The van der Waals surface area contributed by atoms with Crippen LogP contribution in [0, 0.1) is 0 Å². The lowest BCUT2D eigenvalue weighted by atomic mass is 10.2. The van der Waals surface area contributed by atoms with Crippen molar-refractivity contribution in [1.82, 2.24) is 9.97 Å². The Balaban J connectivity index is 3.19. The van der Waals surface area contributed by atoms with Crippen molar-refractivity contribution in [3.05, 3.63) is 16.0 Å². The van der Waals surface area contributed by atoms with Crippen LogP contribution in [0.2, 0.25) is 0 Å². The van der Waals surface area contributed by atoms with Crippen LogP contribution in [-0.2, 0) is 22.0 Å². The van der Waals surface area contributed by atoms with Gasteiger partial charge in [0.15, 0.2) is 9.84 Å². The van der Waals surface area contributed by atoms with Gasteiger partial charge in [-0.2, -0.15) is 0 Å². The SMILES string of the molecule is CCCc1nc(CS(C)(=O)=O)nc(NCC)c1Br. The molecule has 0 radical (unpaired) electrons. The van der Waals surface area contributed by atoms with Crippen molar-refractivity contribution >= 4 is 31.6 Å². The van der Waals surface area contributed by atoms with Crippen molar-refractivity contribution in [2.45, 2.75) is 32.4 Å². The van der Waals surface area contributed by atoms with Crippen molar-refractivity contribution in [2.24, 2.45) is 0 Å². The summed E-state index contributed by atoms with van der Waals surface area (Å²) in [5, 5.41) is 3.11. The van der Waals surface area contributed by atoms with E-state index in [4.69, 9.17) is 0 Å². The summed E-state index contributed by atoms with van der Waals surface area (Å²) in [6.07, 6.45) is 2.92. The summed E-state index contributed by atoms with van der Waals surface area (Å²) < 4.78 is 23.4. The van der Waals surface area contributed by atoms with Gasteiger partial charge in [-0.3, -0.25) is 0 Å². The van der Waals surface area contributed by atoms with Gasteiger partial charge in [0, 0.05) is 12.8 Å². The zero-order valence-electron chi connectivity index (χ0n) is 10.8. The maximum absolute atomic E-state index is 11.3. The monoisotopic (exact) mass is 335 g/mol. The molecule has 18 heavy (non-hydrogen) atoms. The van der Waals surface area contributed by atoms with Crippen LogP contribution < -0.4 is 5.32 Å². The summed E-state index contributed by atoms with van der Waals surface area (Å²) in [5.74, 6) is 0.879. The Morgan fingerprint density at radius 3 is 2.44 bits per heavy atom. The van der Waals surface area contributed by atoms with E-state index in [1.54, 1.807) is 0 Å². The molecule has 7 heteroatoms. The normalized spacial score (nSPS) is 11.6. The summed E-state index contributed by atoms with van der Waals surface area (Å²) in [5.41, 5.74) is 0.849. The third-order valence-corrected chi connectivity index (χ3v) is 3.80. The molecule has 1 aromatic rings. The molecule has 0 spiro atoms. The molecule has 102 valence electrons. The smallest absolute Gasteiger partial charge is 0.154 e. The van der Waals surface area contributed by atoms with E-state index >= 15 is 0 Å². The van der Waals surface area contributed by atoms with Crippen molar-refractivity contribution < 1.29 is 8.42 Å². The molecule has 0 aromatic carbocycles. The van der Waals surface area contributed by atoms with Gasteiger partial charge in [-0.1, -0.05) is 13.3 Å². The molecule has 0 aliphatic rings. The topological polar surface area (TPSA) is 72.0 Å². The summed E-state index contributed by atoms with van der Waals surface area (Å²) >= 11 is 3.46. The molecular formula is C11H18BrN3O2S. The summed E-state index contributed by atoms with van der Waals surface area (Å²) in [6, 6.07) is 0. The standard InChI is InChI=1S/C11H18BrN3O2S/c1-4-6-8-10(12)11(13-5-2)15-9(14-8)7-18(3,16)17/h4-7H2,1-3H3,(H,13,14,15). The van der Waals surface area contributed by atoms with E-state index in [1.807, 2.05) is 6.92 Å². The van der Waals surface area contributed by atoms with Crippen LogP contribution in [0.4, 0.5) is 5.82 Å². The molecule has 5 nitrogen and oxygen atoms in total. The molecule has 0 fully saturated rings. The van der Waals surface area contributed by atoms with Gasteiger partial charge >= 0.3 is 0 Å². The fourth-order valence-corrected chi connectivity index (χ4v) is 2.64. The molecule has 0 atom stereocenters. The number of nitrogens with zero attached hydrogens (tertiary/aromatic N) is 2. The molecule has 1 aromatic heterocycles. The van der Waals surface area contributed by atoms with Crippen molar-refractivity contribution in [3.63, 3.8) is 0 Å². The van der Waals surface area contributed by atoms with E-state index in [-0.39, 0.29) is 5.75 Å². The maximum atomic E-state index is 11.3. The highest BCUT2D eigenvalue weighted by Gasteiger charge is 2.14. The number of aryl methyl sites for hydroxylation is 1. The average molecular weight is 336 g/mol. The second-order valence-corrected chi connectivity index (χ2v) is 7.03. The van der Waals surface area contributed by atoms with E-state index in [0.717, 1.165) is 29.6 Å². The van der Waals surface area contributed by atoms with Gasteiger partial charge in [-0.15, -0.1) is 0 Å². The summed E-state index contributed by atoms with van der Waals surface area (Å²) in [6.45, 7) is 4.74. The number of aromatic nitrogens is 2.